The van der Waals surface area contributed by atoms with Crippen LogP contribution in [0.5, 0.6) is 0 Å². The lowest BCUT2D eigenvalue weighted by molar-refractivity contribution is -0.134. The first kappa shape index (κ1) is 19.0. The van der Waals surface area contributed by atoms with Crippen molar-refractivity contribution in [1.82, 2.24) is 14.8 Å². The summed E-state index contributed by atoms with van der Waals surface area (Å²) in [6.07, 6.45) is 0. The molecule has 7 heteroatoms. The maximum atomic E-state index is 9.00. The Morgan fingerprint density at radius 2 is 1.74 bits per heavy atom. The second-order valence-corrected chi connectivity index (χ2v) is 7.72. The molecule has 0 fully saturated rings. The fourth-order valence-electron chi connectivity index (χ4n) is 2.99. The zero-order valence-electron chi connectivity index (χ0n) is 16.1. The molecule has 6 nitrogen and oxygen atoms in total. The number of rotatable bonds is 1. The van der Waals surface area contributed by atoms with Crippen molar-refractivity contribution in [3.05, 3.63) is 63.0 Å². The van der Waals surface area contributed by atoms with Gasteiger partial charge in [0.15, 0.2) is 5.82 Å². The van der Waals surface area contributed by atoms with Crippen molar-refractivity contribution < 1.29 is 9.90 Å². The summed E-state index contributed by atoms with van der Waals surface area (Å²) in [6.45, 7) is 10.1. The molecule has 0 aliphatic carbocycles. The third-order valence-electron chi connectivity index (χ3n) is 4.40. The number of aliphatic imine (C=N–C) groups is 1. The van der Waals surface area contributed by atoms with Crippen LogP contribution in [0, 0.1) is 27.7 Å². The molecule has 0 saturated carbocycles. The number of hydrogen-bond acceptors (Lipinski definition) is 5. The van der Waals surface area contributed by atoms with Gasteiger partial charge in [0.2, 0.25) is 0 Å². The van der Waals surface area contributed by atoms with Gasteiger partial charge in [-0.2, -0.15) is 0 Å². The molecule has 140 valence electrons. The van der Waals surface area contributed by atoms with Crippen molar-refractivity contribution in [3.8, 4) is 5.00 Å². The number of aromatic nitrogens is 3. The maximum Gasteiger partial charge on any atom is 0.300 e. The molecule has 1 N–H and O–H groups in total. The van der Waals surface area contributed by atoms with Gasteiger partial charge >= 0.3 is 0 Å². The molecule has 1 aliphatic rings. The van der Waals surface area contributed by atoms with E-state index in [1.807, 2.05) is 6.92 Å². The molecule has 0 atom stereocenters. The molecule has 0 saturated heterocycles. The molecule has 1 aliphatic heterocycles. The summed E-state index contributed by atoms with van der Waals surface area (Å²) in [5, 5.41) is 17.2. The van der Waals surface area contributed by atoms with Gasteiger partial charge in [0.25, 0.3) is 5.97 Å². The Kier molecular flexibility index (Phi) is 5.23. The van der Waals surface area contributed by atoms with Crippen LogP contribution in [0.2, 0.25) is 0 Å². The number of carboxylic acids is 1. The predicted octanol–water partition coefficient (Wildman–Crippen LogP) is 4.00. The summed E-state index contributed by atoms with van der Waals surface area (Å²) >= 11 is 1.80. The van der Waals surface area contributed by atoms with E-state index in [4.69, 9.17) is 14.9 Å². The van der Waals surface area contributed by atoms with Gasteiger partial charge in [-0.3, -0.25) is 14.4 Å². The Morgan fingerprint density at radius 3 is 2.37 bits per heavy atom. The third-order valence-corrected chi connectivity index (χ3v) is 5.59. The molecule has 0 bridgehead atoms. The normalized spacial score (nSPS) is 12.3. The van der Waals surface area contributed by atoms with E-state index in [-0.39, 0.29) is 0 Å². The van der Waals surface area contributed by atoms with Crippen LogP contribution in [0.1, 0.15) is 45.7 Å². The Morgan fingerprint density at radius 1 is 1.11 bits per heavy atom. The van der Waals surface area contributed by atoms with Gasteiger partial charge < -0.3 is 5.11 Å². The maximum absolute atomic E-state index is 9.00. The SMILES string of the molecule is CC(=O)O.Cc1ccc(C2=NCc3nnc(C)n3-c3sc(C)c(C)c32)cc1. The fraction of sp³-hybridized carbons (Fsp3) is 0.300. The summed E-state index contributed by atoms with van der Waals surface area (Å²) in [5.41, 5.74) is 6.00. The number of carbonyl (C=O) groups is 1. The third kappa shape index (κ3) is 3.68. The Balaban J connectivity index is 0.000000481. The summed E-state index contributed by atoms with van der Waals surface area (Å²) in [4.78, 5) is 15.2. The highest BCUT2D eigenvalue weighted by Crippen LogP contribution is 2.36. The van der Waals surface area contributed by atoms with E-state index in [1.54, 1.807) is 11.3 Å². The summed E-state index contributed by atoms with van der Waals surface area (Å²) in [6, 6.07) is 8.60. The van der Waals surface area contributed by atoms with Gasteiger partial charge in [-0.05, 0) is 33.3 Å². The van der Waals surface area contributed by atoms with Gasteiger partial charge in [-0.25, -0.2) is 0 Å². The molecule has 3 heterocycles. The minimum absolute atomic E-state index is 0.559. The molecule has 3 aromatic rings. The van der Waals surface area contributed by atoms with Crippen LogP contribution in [0.3, 0.4) is 0 Å². The van der Waals surface area contributed by atoms with E-state index in [0.717, 1.165) is 29.8 Å². The van der Waals surface area contributed by atoms with Crippen molar-refractivity contribution in [2.45, 2.75) is 41.2 Å². The van der Waals surface area contributed by atoms with Crippen LogP contribution in [0.25, 0.3) is 5.00 Å². The van der Waals surface area contributed by atoms with Crippen LogP contribution in [-0.2, 0) is 11.3 Å². The molecule has 0 spiro atoms. The molecule has 1 aromatic carbocycles. The van der Waals surface area contributed by atoms with Crippen molar-refractivity contribution in [2.24, 2.45) is 4.99 Å². The van der Waals surface area contributed by atoms with E-state index in [1.165, 1.54) is 26.6 Å². The van der Waals surface area contributed by atoms with E-state index in [2.05, 4.69) is 59.8 Å². The van der Waals surface area contributed by atoms with E-state index in [9.17, 15) is 0 Å². The zero-order valence-corrected chi connectivity index (χ0v) is 16.9. The first-order valence-corrected chi connectivity index (χ1v) is 9.44. The minimum Gasteiger partial charge on any atom is -0.481 e. The molecule has 4 rings (SSSR count). The molecular weight excluding hydrogens is 360 g/mol. The van der Waals surface area contributed by atoms with Crippen LogP contribution >= 0.6 is 11.3 Å². The standard InChI is InChI=1S/C18H18N4S.C2H4O2/c1-10-5-7-14(8-6-10)17-16-11(2)12(3)23-18(16)22-13(4)20-21-15(22)9-19-17;1-2(3)4/h5-8H,9H2,1-4H3;1H3,(H,3,4). The van der Waals surface area contributed by atoms with Crippen LogP contribution in [-0.4, -0.2) is 31.6 Å². The van der Waals surface area contributed by atoms with Crippen LogP contribution in [0.4, 0.5) is 0 Å². The largest absolute Gasteiger partial charge is 0.481 e. The molecular formula is C20H22N4O2S. The Labute approximate surface area is 162 Å². The zero-order chi connectivity index (χ0) is 19.7. The van der Waals surface area contributed by atoms with E-state index >= 15 is 0 Å². The number of thiophene rings is 1. The van der Waals surface area contributed by atoms with Crippen molar-refractivity contribution in [3.63, 3.8) is 0 Å². The van der Waals surface area contributed by atoms with Crippen LogP contribution in [0.15, 0.2) is 29.3 Å². The second-order valence-electron chi connectivity index (χ2n) is 6.51. The Bertz CT molecular complexity index is 1030. The molecule has 0 amide bonds. The molecule has 27 heavy (non-hydrogen) atoms. The highest BCUT2D eigenvalue weighted by Gasteiger charge is 2.26. The van der Waals surface area contributed by atoms with Gasteiger partial charge in [-0.1, -0.05) is 29.8 Å². The minimum atomic E-state index is -0.833. The van der Waals surface area contributed by atoms with Crippen molar-refractivity contribution >= 4 is 23.0 Å². The molecule has 0 radical (unpaired) electrons. The van der Waals surface area contributed by atoms with E-state index in [0.29, 0.717) is 6.54 Å². The van der Waals surface area contributed by atoms with Crippen molar-refractivity contribution in [2.75, 3.05) is 0 Å². The average molecular weight is 382 g/mol. The molecule has 2 aromatic heterocycles. The Hall–Kier alpha value is -2.80. The smallest absolute Gasteiger partial charge is 0.300 e. The van der Waals surface area contributed by atoms with Gasteiger partial charge in [0.05, 0.1) is 5.71 Å². The second kappa shape index (κ2) is 7.44. The number of nitrogens with zero attached hydrogens (tertiary/aromatic N) is 4. The lowest BCUT2D eigenvalue weighted by Gasteiger charge is -2.09. The fourth-order valence-corrected chi connectivity index (χ4v) is 4.22. The van der Waals surface area contributed by atoms with Gasteiger partial charge in [0, 0.05) is 22.9 Å². The lowest BCUT2D eigenvalue weighted by Crippen LogP contribution is -2.07. The summed E-state index contributed by atoms with van der Waals surface area (Å²) in [7, 11) is 0. The van der Waals surface area contributed by atoms with E-state index < -0.39 is 5.97 Å². The number of fused-ring (bicyclic) bond motifs is 3. The van der Waals surface area contributed by atoms with Gasteiger partial charge in [0.1, 0.15) is 17.4 Å². The predicted molar refractivity (Wildman–Crippen MR) is 107 cm³/mol. The number of aryl methyl sites for hydroxylation is 3. The highest BCUT2D eigenvalue weighted by atomic mass is 32.1. The summed E-state index contributed by atoms with van der Waals surface area (Å²) < 4.78 is 2.16. The van der Waals surface area contributed by atoms with Gasteiger partial charge in [-0.15, -0.1) is 21.5 Å². The van der Waals surface area contributed by atoms with Crippen molar-refractivity contribution in [1.29, 1.82) is 0 Å². The first-order valence-electron chi connectivity index (χ1n) is 8.62. The average Bonchev–Trinajstić information content (AvgIpc) is 3.04. The highest BCUT2D eigenvalue weighted by molar-refractivity contribution is 7.15. The first-order chi connectivity index (χ1) is 12.8. The lowest BCUT2D eigenvalue weighted by atomic mass is 9.99. The monoisotopic (exact) mass is 382 g/mol. The molecule has 0 unspecified atom stereocenters. The number of carboxylic acid groups (broad SMARTS) is 1. The number of aliphatic carboxylic acids is 1. The van der Waals surface area contributed by atoms with Crippen LogP contribution < -0.4 is 0 Å². The summed E-state index contributed by atoms with van der Waals surface area (Å²) in [5.74, 6) is 0.995. The number of benzene rings is 1. The topological polar surface area (TPSA) is 80.4 Å². The number of hydrogen-bond donors (Lipinski definition) is 1. The quantitative estimate of drug-likeness (QED) is 0.690.